The van der Waals surface area contributed by atoms with Gasteiger partial charge in [0, 0.05) is 12.3 Å². The summed E-state index contributed by atoms with van der Waals surface area (Å²) in [5.74, 6) is -0.310. The topological polar surface area (TPSA) is 65.0 Å². The van der Waals surface area contributed by atoms with E-state index in [2.05, 4.69) is 25.9 Å². The van der Waals surface area contributed by atoms with Gasteiger partial charge in [0.25, 0.3) is 0 Å². The summed E-state index contributed by atoms with van der Waals surface area (Å²) in [5, 5.41) is 4.20. The Morgan fingerprint density at radius 1 is 1.21 bits per heavy atom. The molecule has 0 saturated heterocycles. The monoisotopic (exact) mass is 329 g/mol. The predicted molar refractivity (Wildman–Crippen MR) is 89.8 cm³/mol. The van der Waals surface area contributed by atoms with Crippen molar-refractivity contribution in [3.8, 4) is 5.75 Å². The minimum Gasteiger partial charge on any atom is -0.426 e. The van der Waals surface area contributed by atoms with Crippen LogP contribution in [0.4, 0.5) is 0 Å². The van der Waals surface area contributed by atoms with Crippen molar-refractivity contribution < 1.29 is 19.2 Å². The second-order valence-electron chi connectivity index (χ2n) is 7.50. The average molecular weight is 329 g/mol. The van der Waals surface area contributed by atoms with Gasteiger partial charge in [-0.3, -0.25) is 4.79 Å². The maximum atomic E-state index is 12.4. The molecular formula is C19H23NO4. The Labute approximate surface area is 142 Å². The summed E-state index contributed by atoms with van der Waals surface area (Å²) in [6, 6.07) is 6.51. The molecule has 0 unspecified atom stereocenters. The molecule has 5 nitrogen and oxygen atoms in total. The van der Waals surface area contributed by atoms with Crippen molar-refractivity contribution in [2.75, 3.05) is 0 Å². The van der Waals surface area contributed by atoms with E-state index in [4.69, 9.17) is 9.57 Å². The fraction of sp³-hybridized carbons (Fsp3) is 0.526. The Morgan fingerprint density at radius 2 is 1.92 bits per heavy atom. The van der Waals surface area contributed by atoms with E-state index in [1.54, 1.807) is 24.3 Å². The maximum Gasteiger partial charge on any atom is 0.369 e. The number of carbonyl (C=O) groups excluding carboxylic acids is 2. The van der Waals surface area contributed by atoms with Gasteiger partial charge in [0.1, 0.15) is 11.3 Å². The standard InChI is InChI=1S/C19H23NO4/c1-12(21)23-15-8-6-5-7-14(15)17(22)24-20-16-11-13-9-10-19(16,4)18(13,2)3/h5-8,13H,9-11H2,1-4H3/b20-16-/t13-,19-/m1/s1. The molecule has 128 valence electrons. The highest BCUT2D eigenvalue weighted by atomic mass is 16.7. The van der Waals surface area contributed by atoms with Gasteiger partial charge >= 0.3 is 11.9 Å². The number of carbonyl (C=O) groups is 2. The van der Waals surface area contributed by atoms with Crippen molar-refractivity contribution in [1.82, 2.24) is 0 Å². The lowest BCUT2D eigenvalue weighted by molar-refractivity contribution is -0.131. The largest absolute Gasteiger partial charge is 0.426 e. The third kappa shape index (κ3) is 2.52. The van der Waals surface area contributed by atoms with Crippen LogP contribution < -0.4 is 4.74 Å². The molecule has 2 fully saturated rings. The number of hydrogen-bond donors (Lipinski definition) is 0. The first-order valence-corrected chi connectivity index (χ1v) is 8.32. The van der Waals surface area contributed by atoms with Gasteiger partial charge in [0.15, 0.2) is 0 Å². The van der Waals surface area contributed by atoms with Gasteiger partial charge in [-0.05, 0) is 42.7 Å². The van der Waals surface area contributed by atoms with Gasteiger partial charge < -0.3 is 9.57 Å². The van der Waals surface area contributed by atoms with Crippen LogP contribution in [0.1, 0.15) is 57.3 Å². The molecule has 5 heteroatoms. The van der Waals surface area contributed by atoms with Crippen LogP contribution in [0.5, 0.6) is 5.75 Å². The molecule has 0 amide bonds. The SMILES string of the molecule is CC(=O)Oc1ccccc1C(=O)O/N=C1/C[C@H]2CC[C@@]1(C)C2(C)C. The van der Waals surface area contributed by atoms with Gasteiger partial charge in [0.2, 0.25) is 0 Å². The minimum atomic E-state index is -0.608. The number of hydrogen-bond acceptors (Lipinski definition) is 5. The average Bonchev–Trinajstić information content (AvgIpc) is 2.85. The minimum absolute atomic E-state index is 0.0205. The third-order valence-electron chi connectivity index (χ3n) is 6.11. The summed E-state index contributed by atoms with van der Waals surface area (Å²) in [4.78, 5) is 28.7. The molecule has 2 saturated carbocycles. The van der Waals surface area contributed by atoms with Crippen LogP contribution >= 0.6 is 0 Å². The molecule has 1 aromatic rings. The predicted octanol–water partition coefficient (Wildman–Crippen LogP) is 3.97. The van der Waals surface area contributed by atoms with E-state index in [0.29, 0.717) is 5.92 Å². The Bertz CT molecular complexity index is 722. The normalized spacial score (nSPS) is 28.8. The quantitative estimate of drug-likeness (QED) is 0.364. The number of esters is 1. The highest BCUT2D eigenvalue weighted by Gasteiger charge is 2.60. The molecule has 24 heavy (non-hydrogen) atoms. The fourth-order valence-electron chi connectivity index (χ4n) is 4.09. The summed E-state index contributed by atoms with van der Waals surface area (Å²) < 4.78 is 5.05. The Hall–Kier alpha value is -2.17. The lowest BCUT2D eigenvalue weighted by Crippen LogP contribution is -2.32. The first kappa shape index (κ1) is 16.7. The van der Waals surface area contributed by atoms with Crippen molar-refractivity contribution in [3.05, 3.63) is 29.8 Å². The second kappa shape index (κ2) is 5.72. The van der Waals surface area contributed by atoms with E-state index in [1.807, 2.05) is 0 Å². The summed E-state index contributed by atoms with van der Waals surface area (Å²) in [5.41, 5.74) is 1.31. The fourth-order valence-corrected chi connectivity index (χ4v) is 4.09. The van der Waals surface area contributed by atoms with Crippen molar-refractivity contribution in [2.24, 2.45) is 21.9 Å². The first-order valence-electron chi connectivity index (χ1n) is 8.32. The van der Waals surface area contributed by atoms with Crippen molar-refractivity contribution in [1.29, 1.82) is 0 Å². The van der Waals surface area contributed by atoms with Crippen molar-refractivity contribution in [3.63, 3.8) is 0 Å². The van der Waals surface area contributed by atoms with Gasteiger partial charge in [-0.15, -0.1) is 0 Å². The van der Waals surface area contributed by atoms with E-state index in [1.165, 1.54) is 13.3 Å². The van der Waals surface area contributed by atoms with Crippen LogP contribution in [-0.4, -0.2) is 17.7 Å². The maximum absolute atomic E-state index is 12.4. The summed E-state index contributed by atoms with van der Waals surface area (Å²) in [6.07, 6.45) is 3.15. The summed E-state index contributed by atoms with van der Waals surface area (Å²) in [7, 11) is 0. The molecule has 2 atom stereocenters. The number of para-hydroxylation sites is 1. The zero-order chi connectivity index (χ0) is 17.5. The highest BCUT2D eigenvalue weighted by Crippen LogP contribution is 2.64. The van der Waals surface area contributed by atoms with Crippen molar-refractivity contribution >= 4 is 17.7 Å². The molecular weight excluding hydrogens is 306 g/mol. The molecule has 3 rings (SSSR count). The van der Waals surface area contributed by atoms with Crippen molar-refractivity contribution in [2.45, 2.75) is 47.0 Å². The molecule has 0 N–H and O–H groups in total. The summed E-state index contributed by atoms with van der Waals surface area (Å²) >= 11 is 0. The van der Waals surface area contributed by atoms with Gasteiger partial charge in [-0.1, -0.05) is 38.1 Å². The number of rotatable bonds is 3. The smallest absolute Gasteiger partial charge is 0.369 e. The molecule has 0 aliphatic heterocycles. The molecule has 0 spiro atoms. The lowest BCUT2D eigenvalue weighted by atomic mass is 9.70. The van der Waals surface area contributed by atoms with Gasteiger partial charge in [-0.25, -0.2) is 4.79 Å². The first-order chi connectivity index (χ1) is 11.3. The molecule has 2 aliphatic rings. The number of oxime groups is 1. The zero-order valence-electron chi connectivity index (χ0n) is 14.6. The number of nitrogens with zero attached hydrogens (tertiary/aromatic N) is 1. The van der Waals surface area contributed by atoms with E-state index >= 15 is 0 Å². The van der Waals surface area contributed by atoms with Crippen LogP contribution in [0, 0.1) is 16.7 Å². The molecule has 2 bridgehead atoms. The van der Waals surface area contributed by atoms with Gasteiger partial charge in [0.05, 0.1) is 5.71 Å². The summed E-state index contributed by atoms with van der Waals surface area (Å²) in [6.45, 7) is 8.04. The van der Waals surface area contributed by atoms with Crippen LogP contribution in [-0.2, 0) is 9.63 Å². The van der Waals surface area contributed by atoms with E-state index in [0.717, 1.165) is 18.6 Å². The number of benzene rings is 1. The Morgan fingerprint density at radius 3 is 2.50 bits per heavy atom. The van der Waals surface area contributed by atoms with Crippen LogP contribution in [0.25, 0.3) is 0 Å². The van der Waals surface area contributed by atoms with Crippen LogP contribution in [0.15, 0.2) is 29.4 Å². The van der Waals surface area contributed by atoms with E-state index in [-0.39, 0.29) is 22.1 Å². The highest BCUT2D eigenvalue weighted by molar-refractivity contribution is 5.96. The molecule has 0 aromatic heterocycles. The Balaban J connectivity index is 1.79. The third-order valence-corrected chi connectivity index (χ3v) is 6.11. The van der Waals surface area contributed by atoms with Crippen LogP contribution in [0.3, 0.4) is 0 Å². The van der Waals surface area contributed by atoms with E-state index < -0.39 is 11.9 Å². The lowest BCUT2D eigenvalue weighted by Gasteiger charge is -2.34. The second-order valence-corrected chi connectivity index (χ2v) is 7.50. The molecule has 0 radical (unpaired) electrons. The molecule has 1 aromatic carbocycles. The number of ether oxygens (including phenoxy) is 1. The van der Waals surface area contributed by atoms with Crippen LogP contribution in [0.2, 0.25) is 0 Å². The number of fused-ring (bicyclic) bond motifs is 2. The molecule has 2 aliphatic carbocycles. The zero-order valence-corrected chi connectivity index (χ0v) is 14.6. The molecule has 0 heterocycles. The Kier molecular flexibility index (Phi) is 3.98. The van der Waals surface area contributed by atoms with Gasteiger partial charge in [-0.2, -0.15) is 0 Å². The van der Waals surface area contributed by atoms with E-state index in [9.17, 15) is 9.59 Å².